The lowest BCUT2D eigenvalue weighted by Gasteiger charge is -2.15. The molecule has 0 saturated carbocycles. The Kier molecular flexibility index (Phi) is 5.12. The van der Waals surface area contributed by atoms with Gasteiger partial charge in [-0.05, 0) is 24.0 Å². The summed E-state index contributed by atoms with van der Waals surface area (Å²) in [6.07, 6.45) is 1.80. The van der Waals surface area contributed by atoms with Crippen molar-refractivity contribution in [2.45, 2.75) is 19.8 Å². The lowest BCUT2D eigenvalue weighted by atomic mass is 9.97. The van der Waals surface area contributed by atoms with Crippen LogP contribution in [0.3, 0.4) is 0 Å². The molecular formula is C13H20O3. The highest BCUT2D eigenvalue weighted by Crippen LogP contribution is 2.27. The number of hydrogen-bond acceptors (Lipinski definition) is 3. The van der Waals surface area contributed by atoms with Crippen LogP contribution in [0.1, 0.15) is 18.9 Å². The van der Waals surface area contributed by atoms with Gasteiger partial charge in [-0.25, -0.2) is 0 Å². The van der Waals surface area contributed by atoms with E-state index in [0.717, 1.165) is 29.9 Å². The molecule has 90 valence electrons. The molecule has 0 aliphatic heterocycles. The van der Waals surface area contributed by atoms with Crippen molar-refractivity contribution >= 4 is 0 Å². The van der Waals surface area contributed by atoms with E-state index in [1.54, 1.807) is 14.2 Å². The summed E-state index contributed by atoms with van der Waals surface area (Å²) < 4.78 is 10.5. The Hall–Kier alpha value is -1.22. The van der Waals surface area contributed by atoms with Gasteiger partial charge < -0.3 is 14.6 Å². The monoisotopic (exact) mass is 224 g/mol. The van der Waals surface area contributed by atoms with Crippen molar-refractivity contribution in [1.29, 1.82) is 0 Å². The van der Waals surface area contributed by atoms with Crippen LogP contribution in [0, 0.1) is 5.92 Å². The topological polar surface area (TPSA) is 38.7 Å². The summed E-state index contributed by atoms with van der Waals surface area (Å²) in [5.41, 5.74) is 1.12. The van der Waals surface area contributed by atoms with Crippen molar-refractivity contribution < 1.29 is 14.6 Å². The van der Waals surface area contributed by atoms with Gasteiger partial charge in [-0.15, -0.1) is 0 Å². The Morgan fingerprint density at radius 3 is 2.50 bits per heavy atom. The average Bonchev–Trinajstić information content (AvgIpc) is 2.35. The summed E-state index contributed by atoms with van der Waals surface area (Å²) in [5.74, 6) is 1.91. The van der Waals surface area contributed by atoms with Gasteiger partial charge in [0.1, 0.15) is 11.5 Å². The van der Waals surface area contributed by atoms with E-state index < -0.39 is 0 Å². The molecule has 0 heterocycles. The highest BCUT2D eigenvalue weighted by molar-refractivity contribution is 5.40. The van der Waals surface area contributed by atoms with Crippen molar-refractivity contribution in [1.82, 2.24) is 0 Å². The largest absolute Gasteiger partial charge is 0.497 e. The fraction of sp³-hybridized carbons (Fsp3) is 0.538. The maximum absolute atomic E-state index is 9.19. The number of aliphatic hydroxyl groups excluding tert-OH is 1. The third-order valence-electron chi connectivity index (χ3n) is 2.84. The minimum Gasteiger partial charge on any atom is -0.497 e. The predicted octanol–water partition coefficient (Wildman–Crippen LogP) is 2.26. The van der Waals surface area contributed by atoms with Crippen molar-refractivity contribution in [3.05, 3.63) is 23.8 Å². The maximum Gasteiger partial charge on any atom is 0.125 e. The van der Waals surface area contributed by atoms with E-state index in [-0.39, 0.29) is 6.61 Å². The molecule has 1 N–H and O–H groups in total. The van der Waals surface area contributed by atoms with Gasteiger partial charge in [0.05, 0.1) is 14.2 Å². The van der Waals surface area contributed by atoms with Crippen LogP contribution in [0.5, 0.6) is 11.5 Å². The first-order valence-electron chi connectivity index (χ1n) is 5.56. The second-order valence-electron chi connectivity index (χ2n) is 3.84. The lowest BCUT2D eigenvalue weighted by Crippen LogP contribution is -2.09. The number of aliphatic hydroxyl groups is 1. The van der Waals surface area contributed by atoms with Gasteiger partial charge in [0.25, 0.3) is 0 Å². The molecule has 1 aromatic carbocycles. The molecule has 0 fully saturated rings. The zero-order valence-corrected chi connectivity index (χ0v) is 10.2. The number of ether oxygens (including phenoxy) is 2. The smallest absolute Gasteiger partial charge is 0.125 e. The summed E-state index contributed by atoms with van der Waals surface area (Å²) in [6, 6.07) is 5.79. The van der Waals surface area contributed by atoms with Crippen molar-refractivity contribution in [3.63, 3.8) is 0 Å². The third-order valence-corrected chi connectivity index (χ3v) is 2.84. The Morgan fingerprint density at radius 1 is 1.25 bits per heavy atom. The van der Waals surface area contributed by atoms with Gasteiger partial charge in [0.2, 0.25) is 0 Å². The van der Waals surface area contributed by atoms with Crippen molar-refractivity contribution in [3.8, 4) is 11.5 Å². The van der Waals surface area contributed by atoms with E-state index in [4.69, 9.17) is 9.47 Å². The zero-order valence-electron chi connectivity index (χ0n) is 10.2. The van der Waals surface area contributed by atoms with E-state index in [1.165, 1.54) is 0 Å². The Labute approximate surface area is 97.0 Å². The predicted molar refractivity (Wildman–Crippen MR) is 64.1 cm³/mol. The van der Waals surface area contributed by atoms with Gasteiger partial charge in [-0.3, -0.25) is 0 Å². The highest BCUT2D eigenvalue weighted by atomic mass is 16.5. The molecule has 0 radical (unpaired) electrons. The SMILES string of the molecule is CCC(CO)Cc1ccc(OC)cc1OC. The first-order valence-corrected chi connectivity index (χ1v) is 5.56. The molecule has 1 aromatic rings. The number of benzene rings is 1. The fourth-order valence-corrected chi connectivity index (χ4v) is 1.67. The highest BCUT2D eigenvalue weighted by Gasteiger charge is 2.11. The van der Waals surface area contributed by atoms with E-state index in [0.29, 0.717) is 5.92 Å². The molecule has 16 heavy (non-hydrogen) atoms. The average molecular weight is 224 g/mol. The van der Waals surface area contributed by atoms with Gasteiger partial charge in [-0.1, -0.05) is 19.4 Å². The minimum atomic E-state index is 0.214. The van der Waals surface area contributed by atoms with E-state index in [1.807, 2.05) is 18.2 Å². The Balaban J connectivity index is 2.86. The van der Waals surface area contributed by atoms with Crippen LogP contribution in [0.4, 0.5) is 0 Å². The molecule has 1 atom stereocenters. The second kappa shape index (κ2) is 6.38. The van der Waals surface area contributed by atoms with E-state index in [2.05, 4.69) is 6.92 Å². The fourth-order valence-electron chi connectivity index (χ4n) is 1.67. The van der Waals surface area contributed by atoms with Crippen LogP contribution >= 0.6 is 0 Å². The van der Waals surface area contributed by atoms with E-state index >= 15 is 0 Å². The molecule has 0 amide bonds. The first kappa shape index (κ1) is 12.8. The van der Waals surface area contributed by atoms with Gasteiger partial charge >= 0.3 is 0 Å². The molecule has 0 aliphatic carbocycles. The number of hydrogen-bond donors (Lipinski definition) is 1. The van der Waals surface area contributed by atoms with Gasteiger partial charge in [-0.2, -0.15) is 0 Å². The second-order valence-corrected chi connectivity index (χ2v) is 3.84. The first-order chi connectivity index (χ1) is 7.74. The molecule has 1 rings (SSSR count). The van der Waals surface area contributed by atoms with Crippen LogP contribution in [0.2, 0.25) is 0 Å². The van der Waals surface area contributed by atoms with Crippen LogP contribution in [0.25, 0.3) is 0 Å². The van der Waals surface area contributed by atoms with Crippen molar-refractivity contribution in [2.24, 2.45) is 5.92 Å². The molecule has 3 heteroatoms. The molecule has 0 saturated heterocycles. The van der Waals surface area contributed by atoms with E-state index in [9.17, 15) is 5.11 Å². The van der Waals surface area contributed by atoms with Crippen LogP contribution < -0.4 is 9.47 Å². The van der Waals surface area contributed by atoms with Crippen molar-refractivity contribution in [2.75, 3.05) is 20.8 Å². The zero-order chi connectivity index (χ0) is 12.0. The normalized spacial score (nSPS) is 12.2. The summed E-state index contributed by atoms with van der Waals surface area (Å²) >= 11 is 0. The molecular weight excluding hydrogens is 204 g/mol. The minimum absolute atomic E-state index is 0.214. The number of rotatable bonds is 6. The van der Waals surface area contributed by atoms with Crippen LogP contribution in [-0.2, 0) is 6.42 Å². The lowest BCUT2D eigenvalue weighted by molar-refractivity contribution is 0.221. The number of methoxy groups -OCH3 is 2. The van der Waals surface area contributed by atoms with Crippen LogP contribution in [-0.4, -0.2) is 25.9 Å². The molecule has 0 bridgehead atoms. The molecule has 1 unspecified atom stereocenters. The van der Waals surface area contributed by atoms with Crippen LogP contribution in [0.15, 0.2) is 18.2 Å². The summed E-state index contributed by atoms with van der Waals surface area (Å²) in [5, 5.41) is 9.19. The van der Waals surface area contributed by atoms with Gasteiger partial charge in [0, 0.05) is 12.7 Å². The molecule has 0 spiro atoms. The molecule has 0 aliphatic rings. The summed E-state index contributed by atoms with van der Waals surface area (Å²) in [7, 11) is 3.29. The summed E-state index contributed by atoms with van der Waals surface area (Å²) in [4.78, 5) is 0. The third kappa shape index (κ3) is 3.14. The Morgan fingerprint density at radius 2 is 2.00 bits per heavy atom. The molecule has 0 aromatic heterocycles. The quantitative estimate of drug-likeness (QED) is 0.805. The molecule has 3 nitrogen and oxygen atoms in total. The van der Waals surface area contributed by atoms with Gasteiger partial charge in [0.15, 0.2) is 0 Å². The summed E-state index contributed by atoms with van der Waals surface area (Å²) in [6.45, 7) is 2.29. The maximum atomic E-state index is 9.19. The standard InChI is InChI=1S/C13H20O3/c1-4-10(9-14)7-11-5-6-12(15-2)8-13(11)16-3/h5-6,8,10,14H,4,7,9H2,1-3H3. The Bertz CT molecular complexity index is 319.